The van der Waals surface area contributed by atoms with Crippen molar-refractivity contribution < 1.29 is 9.47 Å². The third-order valence-electron chi connectivity index (χ3n) is 3.78. The van der Waals surface area contributed by atoms with E-state index in [0.29, 0.717) is 6.61 Å². The molecule has 0 aromatic heterocycles. The molecule has 116 valence electrons. The van der Waals surface area contributed by atoms with Crippen molar-refractivity contribution in [3.8, 4) is 5.75 Å². The molecular formula is C21H20O2. The minimum absolute atomic E-state index is 0.0699. The van der Waals surface area contributed by atoms with Crippen molar-refractivity contribution in [3.63, 3.8) is 0 Å². The van der Waals surface area contributed by atoms with Crippen molar-refractivity contribution in [2.75, 3.05) is 7.11 Å². The largest absolute Gasteiger partial charge is 0.497 e. The van der Waals surface area contributed by atoms with Gasteiger partial charge in [-0.2, -0.15) is 0 Å². The Bertz CT molecular complexity index is 666. The molecule has 3 aromatic rings. The van der Waals surface area contributed by atoms with Gasteiger partial charge in [0.1, 0.15) is 11.9 Å². The van der Waals surface area contributed by atoms with Gasteiger partial charge in [-0.05, 0) is 28.8 Å². The van der Waals surface area contributed by atoms with Gasteiger partial charge in [-0.1, -0.05) is 72.8 Å². The molecule has 3 rings (SSSR count). The van der Waals surface area contributed by atoms with Crippen molar-refractivity contribution in [1.29, 1.82) is 0 Å². The minimum Gasteiger partial charge on any atom is -0.497 e. The van der Waals surface area contributed by atoms with Gasteiger partial charge >= 0.3 is 0 Å². The highest BCUT2D eigenvalue weighted by Crippen LogP contribution is 2.27. The summed E-state index contributed by atoms with van der Waals surface area (Å²) in [5.74, 6) is 0.858. The lowest BCUT2D eigenvalue weighted by atomic mass is 10.0. The van der Waals surface area contributed by atoms with Crippen LogP contribution in [0.1, 0.15) is 22.8 Å². The Balaban J connectivity index is 1.79. The van der Waals surface area contributed by atoms with Crippen LogP contribution in [0.4, 0.5) is 0 Å². The second-order valence-corrected chi connectivity index (χ2v) is 5.36. The van der Waals surface area contributed by atoms with Crippen molar-refractivity contribution in [2.24, 2.45) is 0 Å². The third-order valence-corrected chi connectivity index (χ3v) is 3.78. The Kier molecular flexibility index (Phi) is 5.07. The summed E-state index contributed by atoms with van der Waals surface area (Å²) in [6, 6.07) is 28.6. The third kappa shape index (κ3) is 3.99. The maximum atomic E-state index is 6.23. The summed E-state index contributed by atoms with van der Waals surface area (Å²) in [5, 5.41) is 0. The van der Waals surface area contributed by atoms with E-state index in [1.165, 1.54) is 0 Å². The fourth-order valence-corrected chi connectivity index (χ4v) is 2.54. The zero-order chi connectivity index (χ0) is 15.9. The first-order chi connectivity index (χ1) is 11.4. The molecule has 0 spiro atoms. The molecule has 3 aromatic carbocycles. The molecule has 2 heteroatoms. The summed E-state index contributed by atoms with van der Waals surface area (Å²) in [4.78, 5) is 0. The van der Waals surface area contributed by atoms with Gasteiger partial charge in [-0.25, -0.2) is 0 Å². The predicted molar refractivity (Wildman–Crippen MR) is 92.5 cm³/mol. The molecule has 0 aliphatic carbocycles. The first-order valence-corrected chi connectivity index (χ1v) is 7.71. The number of benzene rings is 3. The highest BCUT2D eigenvalue weighted by atomic mass is 16.5. The number of ether oxygens (including phenoxy) is 2. The SMILES string of the molecule is COc1ccc(COC(c2ccccc2)c2ccccc2)cc1. The van der Waals surface area contributed by atoms with Gasteiger partial charge in [-0.3, -0.25) is 0 Å². The summed E-state index contributed by atoms with van der Waals surface area (Å²) < 4.78 is 11.4. The molecule has 0 saturated carbocycles. The second kappa shape index (κ2) is 7.61. The summed E-state index contributed by atoms with van der Waals surface area (Å²) in [5.41, 5.74) is 3.45. The minimum atomic E-state index is -0.0699. The van der Waals surface area contributed by atoms with Gasteiger partial charge in [0.05, 0.1) is 13.7 Å². The Morgan fingerprint density at radius 1 is 0.696 bits per heavy atom. The summed E-state index contributed by atoms with van der Waals surface area (Å²) in [7, 11) is 1.67. The normalized spacial score (nSPS) is 10.7. The smallest absolute Gasteiger partial charge is 0.118 e. The van der Waals surface area contributed by atoms with Crippen LogP contribution in [-0.2, 0) is 11.3 Å². The molecule has 23 heavy (non-hydrogen) atoms. The van der Waals surface area contributed by atoms with Crippen LogP contribution in [0.15, 0.2) is 84.9 Å². The average Bonchev–Trinajstić information content (AvgIpc) is 2.64. The van der Waals surface area contributed by atoms with E-state index < -0.39 is 0 Å². The molecule has 0 saturated heterocycles. The molecule has 0 aliphatic heterocycles. The lowest BCUT2D eigenvalue weighted by Crippen LogP contribution is -2.06. The van der Waals surface area contributed by atoms with Crippen LogP contribution in [0.25, 0.3) is 0 Å². The molecule has 2 nitrogen and oxygen atoms in total. The quantitative estimate of drug-likeness (QED) is 0.638. The molecule has 0 aliphatic rings. The predicted octanol–water partition coefficient (Wildman–Crippen LogP) is 5.00. The van der Waals surface area contributed by atoms with Gasteiger partial charge in [0, 0.05) is 0 Å². The first-order valence-electron chi connectivity index (χ1n) is 7.71. The van der Waals surface area contributed by atoms with Gasteiger partial charge in [0.2, 0.25) is 0 Å². The number of hydrogen-bond acceptors (Lipinski definition) is 2. The Labute approximate surface area is 137 Å². The van der Waals surface area contributed by atoms with E-state index in [2.05, 4.69) is 24.3 Å². The van der Waals surface area contributed by atoms with Crippen molar-refractivity contribution in [3.05, 3.63) is 102 Å². The van der Waals surface area contributed by atoms with Crippen LogP contribution < -0.4 is 4.74 Å². The van der Waals surface area contributed by atoms with Crippen LogP contribution in [0.5, 0.6) is 5.75 Å². The molecule has 0 unspecified atom stereocenters. The molecule has 0 amide bonds. The highest BCUT2D eigenvalue weighted by molar-refractivity contribution is 5.30. The zero-order valence-electron chi connectivity index (χ0n) is 13.2. The molecular weight excluding hydrogens is 284 g/mol. The van der Waals surface area contributed by atoms with E-state index in [4.69, 9.17) is 9.47 Å². The second-order valence-electron chi connectivity index (χ2n) is 5.36. The maximum Gasteiger partial charge on any atom is 0.118 e. The molecule has 0 atom stereocenters. The van der Waals surface area contributed by atoms with Crippen LogP contribution in [-0.4, -0.2) is 7.11 Å². The first kappa shape index (κ1) is 15.3. The van der Waals surface area contributed by atoms with E-state index in [1.54, 1.807) is 7.11 Å². The summed E-state index contributed by atoms with van der Waals surface area (Å²) >= 11 is 0. The van der Waals surface area contributed by atoms with Crippen molar-refractivity contribution in [2.45, 2.75) is 12.7 Å². The highest BCUT2D eigenvalue weighted by Gasteiger charge is 2.14. The molecule has 0 heterocycles. The maximum absolute atomic E-state index is 6.23. The monoisotopic (exact) mass is 304 g/mol. The fraction of sp³-hybridized carbons (Fsp3) is 0.143. The van der Waals surface area contributed by atoms with Crippen molar-refractivity contribution in [1.82, 2.24) is 0 Å². The summed E-state index contributed by atoms with van der Waals surface area (Å²) in [6.07, 6.45) is -0.0699. The summed E-state index contributed by atoms with van der Waals surface area (Å²) in [6.45, 7) is 0.554. The molecule has 0 radical (unpaired) electrons. The van der Waals surface area contributed by atoms with Gasteiger partial charge in [0.25, 0.3) is 0 Å². The van der Waals surface area contributed by atoms with Crippen LogP contribution in [0.3, 0.4) is 0 Å². The fourth-order valence-electron chi connectivity index (χ4n) is 2.54. The zero-order valence-corrected chi connectivity index (χ0v) is 13.2. The van der Waals surface area contributed by atoms with Gasteiger partial charge < -0.3 is 9.47 Å². The van der Waals surface area contributed by atoms with Gasteiger partial charge in [-0.15, -0.1) is 0 Å². The van der Waals surface area contributed by atoms with E-state index in [-0.39, 0.29) is 6.10 Å². The van der Waals surface area contributed by atoms with E-state index in [1.807, 2.05) is 60.7 Å². The van der Waals surface area contributed by atoms with Gasteiger partial charge in [0.15, 0.2) is 0 Å². The van der Waals surface area contributed by atoms with E-state index in [9.17, 15) is 0 Å². The Morgan fingerprint density at radius 2 is 1.22 bits per heavy atom. The standard InChI is InChI=1S/C21H20O2/c1-22-20-14-12-17(13-15-20)16-23-21(18-8-4-2-5-9-18)19-10-6-3-7-11-19/h2-15,21H,16H2,1H3. The number of hydrogen-bond donors (Lipinski definition) is 0. The van der Waals surface area contributed by atoms with E-state index >= 15 is 0 Å². The molecule has 0 bridgehead atoms. The number of rotatable bonds is 6. The average molecular weight is 304 g/mol. The lowest BCUT2D eigenvalue weighted by molar-refractivity contribution is 0.0667. The lowest BCUT2D eigenvalue weighted by Gasteiger charge is -2.19. The Morgan fingerprint density at radius 3 is 1.70 bits per heavy atom. The van der Waals surface area contributed by atoms with Crippen molar-refractivity contribution >= 4 is 0 Å². The van der Waals surface area contributed by atoms with Crippen LogP contribution in [0, 0.1) is 0 Å². The van der Waals surface area contributed by atoms with Crippen LogP contribution in [0.2, 0.25) is 0 Å². The molecule has 0 N–H and O–H groups in total. The van der Waals surface area contributed by atoms with Crippen LogP contribution >= 0.6 is 0 Å². The Hall–Kier alpha value is -2.58. The number of methoxy groups -OCH3 is 1. The topological polar surface area (TPSA) is 18.5 Å². The molecule has 0 fully saturated rings. The van der Waals surface area contributed by atoms with E-state index in [0.717, 1.165) is 22.4 Å².